The van der Waals surface area contributed by atoms with E-state index in [1.807, 2.05) is 54.6 Å². The average molecular weight is 328 g/mol. The molecule has 1 N–H and O–H groups in total. The third-order valence-corrected chi connectivity index (χ3v) is 4.30. The van der Waals surface area contributed by atoms with Gasteiger partial charge in [0.15, 0.2) is 6.61 Å². The highest BCUT2D eigenvalue weighted by atomic mass is 16.5. The topological polar surface area (TPSA) is 46.5 Å². The predicted molar refractivity (Wildman–Crippen MR) is 100 cm³/mol. The molecule has 0 spiro atoms. The SMILES string of the molecule is O=C(O)COc1ccc2ccccc2c1-c1cccc2ccccc12. The van der Waals surface area contributed by atoms with E-state index in [2.05, 4.69) is 24.3 Å². The van der Waals surface area contributed by atoms with Crippen LogP contribution >= 0.6 is 0 Å². The summed E-state index contributed by atoms with van der Waals surface area (Å²) in [4.78, 5) is 11.0. The van der Waals surface area contributed by atoms with Gasteiger partial charge in [-0.05, 0) is 33.2 Å². The molecule has 3 heteroatoms. The van der Waals surface area contributed by atoms with E-state index in [0.29, 0.717) is 5.75 Å². The molecule has 0 aliphatic rings. The lowest BCUT2D eigenvalue weighted by Gasteiger charge is -2.15. The van der Waals surface area contributed by atoms with Crippen LogP contribution in [0.4, 0.5) is 0 Å². The van der Waals surface area contributed by atoms with Gasteiger partial charge in [0.05, 0.1) is 0 Å². The quantitative estimate of drug-likeness (QED) is 0.565. The van der Waals surface area contributed by atoms with Crippen LogP contribution in [-0.4, -0.2) is 17.7 Å². The Bertz CT molecular complexity index is 1080. The molecule has 4 aromatic carbocycles. The zero-order valence-corrected chi connectivity index (χ0v) is 13.5. The number of hydrogen-bond acceptors (Lipinski definition) is 2. The normalized spacial score (nSPS) is 10.9. The van der Waals surface area contributed by atoms with Gasteiger partial charge >= 0.3 is 5.97 Å². The number of rotatable bonds is 4. The number of carbonyl (C=O) groups is 1. The molecule has 0 radical (unpaired) electrons. The first-order chi connectivity index (χ1) is 12.2. The van der Waals surface area contributed by atoms with Crippen LogP contribution in [0.5, 0.6) is 5.75 Å². The summed E-state index contributed by atoms with van der Waals surface area (Å²) in [7, 11) is 0. The fraction of sp³-hybridized carbons (Fsp3) is 0.0455. The van der Waals surface area contributed by atoms with E-state index in [1.165, 1.54) is 0 Å². The van der Waals surface area contributed by atoms with Gasteiger partial charge in [0.2, 0.25) is 0 Å². The van der Waals surface area contributed by atoms with Crippen LogP contribution in [0.3, 0.4) is 0 Å². The lowest BCUT2D eigenvalue weighted by atomic mass is 9.93. The summed E-state index contributed by atoms with van der Waals surface area (Å²) >= 11 is 0. The Morgan fingerprint density at radius 3 is 2.16 bits per heavy atom. The number of ether oxygens (including phenoxy) is 1. The fourth-order valence-electron chi connectivity index (χ4n) is 3.23. The first-order valence-corrected chi connectivity index (χ1v) is 8.08. The maximum atomic E-state index is 11.0. The molecule has 0 saturated heterocycles. The first kappa shape index (κ1) is 15.2. The summed E-state index contributed by atoms with van der Waals surface area (Å²) in [6.45, 7) is -0.365. The van der Waals surface area contributed by atoms with Crippen molar-refractivity contribution in [3.05, 3.63) is 78.9 Å². The van der Waals surface area contributed by atoms with Crippen LogP contribution in [0.15, 0.2) is 78.9 Å². The Kier molecular flexibility index (Phi) is 3.82. The van der Waals surface area contributed by atoms with E-state index in [-0.39, 0.29) is 6.61 Å². The summed E-state index contributed by atoms with van der Waals surface area (Å²) in [5.74, 6) is -0.408. The second kappa shape index (κ2) is 6.29. The Balaban J connectivity index is 2.03. The first-order valence-electron chi connectivity index (χ1n) is 8.08. The van der Waals surface area contributed by atoms with Gasteiger partial charge in [0.25, 0.3) is 0 Å². The standard InChI is InChI=1S/C22H16O3/c23-21(24)14-25-20-13-12-16-7-2-4-10-18(16)22(20)19-11-5-8-15-6-1-3-9-17(15)19/h1-13H,14H2,(H,23,24). The molecule has 0 heterocycles. The number of fused-ring (bicyclic) bond motifs is 2. The lowest BCUT2D eigenvalue weighted by molar-refractivity contribution is -0.139. The zero-order valence-electron chi connectivity index (χ0n) is 13.5. The van der Waals surface area contributed by atoms with Crippen LogP contribution in [0.2, 0.25) is 0 Å². The molecule has 25 heavy (non-hydrogen) atoms. The van der Waals surface area contributed by atoms with Gasteiger partial charge in [-0.15, -0.1) is 0 Å². The van der Waals surface area contributed by atoms with Gasteiger partial charge in [-0.25, -0.2) is 4.79 Å². The van der Waals surface area contributed by atoms with Crippen molar-refractivity contribution in [2.75, 3.05) is 6.61 Å². The Morgan fingerprint density at radius 1 is 0.760 bits per heavy atom. The second-order valence-electron chi connectivity index (χ2n) is 5.87. The summed E-state index contributed by atoms with van der Waals surface area (Å²) in [5.41, 5.74) is 1.96. The number of aliphatic carboxylic acids is 1. The maximum absolute atomic E-state index is 11.0. The molecule has 0 fully saturated rings. The molecule has 0 aromatic heterocycles. The van der Waals surface area contributed by atoms with E-state index < -0.39 is 5.97 Å². The van der Waals surface area contributed by atoms with Crippen LogP contribution in [0.25, 0.3) is 32.7 Å². The molecular formula is C22H16O3. The Hall–Kier alpha value is -3.33. The fourth-order valence-corrected chi connectivity index (χ4v) is 3.23. The highest BCUT2D eigenvalue weighted by Crippen LogP contribution is 2.40. The van der Waals surface area contributed by atoms with E-state index >= 15 is 0 Å². The minimum absolute atomic E-state index is 0.365. The summed E-state index contributed by atoms with van der Waals surface area (Å²) in [5, 5.41) is 13.4. The van der Waals surface area contributed by atoms with Crippen LogP contribution < -0.4 is 4.74 Å². The Labute approximate surface area is 145 Å². The largest absolute Gasteiger partial charge is 0.481 e. The molecule has 4 rings (SSSR count). The third kappa shape index (κ3) is 2.81. The molecule has 4 aromatic rings. The maximum Gasteiger partial charge on any atom is 0.341 e. The second-order valence-corrected chi connectivity index (χ2v) is 5.87. The minimum atomic E-state index is -0.989. The van der Waals surface area contributed by atoms with E-state index in [1.54, 1.807) is 0 Å². The van der Waals surface area contributed by atoms with Gasteiger partial charge in [0.1, 0.15) is 5.75 Å². The van der Waals surface area contributed by atoms with Gasteiger partial charge in [0, 0.05) is 5.56 Å². The molecule has 0 bridgehead atoms. The van der Waals surface area contributed by atoms with Crippen LogP contribution in [0.1, 0.15) is 0 Å². The van der Waals surface area contributed by atoms with Crippen molar-refractivity contribution >= 4 is 27.5 Å². The van der Waals surface area contributed by atoms with Crippen molar-refractivity contribution < 1.29 is 14.6 Å². The molecule has 0 aliphatic heterocycles. The monoisotopic (exact) mass is 328 g/mol. The Morgan fingerprint density at radius 2 is 1.40 bits per heavy atom. The van der Waals surface area contributed by atoms with Crippen molar-refractivity contribution in [1.82, 2.24) is 0 Å². The van der Waals surface area contributed by atoms with E-state index in [4.69, 9.17) is 9.84 Å². The molecule has 0 amide bonds. The van der Waals surface area contributed by atoms with Gasteiger partial charge in [-0.1, -0.05) is 72.8 Å². The van der Waals surface area contributed by atoms with Crippen LogP contribution in [0, 0.1) is 0 Å². The van der Waals surface area contributed by atoms with Gasteiger partial charge < -0.3 is 9.84 Å². The summed E-state index contributed by atoms with van der Waals surface area (Å²) < 4.78 is 5.61. The highest BCUT2D eigenvalue weighted by Gasteiger charge is 2.14. The molecule has 0 atom stereocenters. The van der Waals surface area contributed by atoms with Crippen molar-refractivity contribution in [2.24, 2.45) is 0 Å². The molecule has 0 saturated carbocycles. The molecule has 0 aliphatic carbocycles. The smallest absolute Gasteiger partial charge is 0.341 e. The summed E-state index contributed by atoms with van der Waals surface area (Å²) in [6.07, 6.45) is 0. The minimum Gasteiger partial charge on any atom is -0.481 e. The van der Waals surface area contributed by atoms with Gasteiger partial charge in [-0.3, -0.25) is 0 Å². The number of benzene rings is 4. The van der Waals surface area contributed by atoms with Crippen LogP contribution in [-0.2, 0) is 4.79 Å². The van der Waals surface area contributed by atoms with Crippen molar-refractivity contribution in [2.45, 2.75) is 0 Å². The molecule has 122 valence electrons. The average Bonchev–Trinajstić information content (AvgIpc) is 2.65. The summed E-state index contributed by atoms with van der Waals surface area (Å²) in [6, 6.07) is 26.2. The number of carboxylic acid groups (broad SMARTS) is 1. The molecule has 0 unspecified atom stereocenters. The van der Waals surface area contributed by atoms with E-state index in [0.717, 1.165) is 32.7 Å². The molecular weight excluding hydrogens is 312 g/mol. The zero-order chi connectivity index (χ0) is 17.2. The van der Waals surface area contributed by atoms with Crippen molar-refractivity contribution in [1.29, 1.82) is 0 Å². The number of hydrogen-bond donors (Lipinski definition) is 1. The third-order valence-electron chi connectivity index (χ3n) is 4.30. The molecule has 3 nitrogen and oxygen atoms in total. The van der Waals surface area contributed by atoms with Gasteiger partial charge in [-0.2, -0.15) is 0 Å². The van der Waals surface area contributed by atoms with Crippen molar-refractivity contribution in [3.63, 3.8) is 0 Å². The predicted octanol–water partition coefficient (Wildman–Crippen LogP) is 5.12. The van der Waals surface area contributed by atoms with Crippen molar-refractivity contribution in [3.8, 4) is 16.9 Å². The highest BCUT2D eigenvalue weighted by molar-refractivity contribution is 6.07. The lowest BCUT2D eigenvalue weighted by Crippen LogP contribution is -2.10. The van der Waals surface area contributed by atoms with E-state index in [9.17, 15) is 4.79 Å². The number of carboxylic acids is 1.